The maximum Gasteiger partial charge on any atom is 0.308 e. The number of pyridine rings is 1. The van der Waals surface area contributed by atoms with E-state index < -0.39 is 22.8 Å². The number of aromatic nitrogens is 1. The Bertz CT molecular complexity index is 885. The molecule has 0 spiro atoms. The minimum absolute atomic E-state index is 0.149. The fraction of sp³-hybridized carbons (Fsp3) is 0.278. The standard InChI is InChI=1S/C18H19N3O6/c1-11(2)27-17(23)9-14(13-5-3-4-6-15(13)21(25)26)20-18(24)12-7-8-16(22)19-10-12/h3-8,10-11,14H,9H2,1-2H3,(H,19,22)(H,20,24). The van der Waals surface area contributed by atoms with E-state index in [-0.39, 0.29) is 34.9 Å². The Hall–Kier alpha value is -3.49. The van der Waals surface area contributed by atoms with Crippen LogP contribution in [0, 0.1) is 10.1 Å². The number of aromatic amines is 1. The number of H-pyrrole nitrogens is 1. The summed E-state index contributed by atoms with van der Waals surface area (Å²) in [6, 6.07) is 7.36. The number of nitrogens with zero attached hydrogens (tertiary/aromatic N) is 1. The molecule has 1 aromatic carbocycles. The molecule has 0 aliphatic rings. The van der Waals surface area contributed by atoms with Gasteiger partial charge in [-0.15, -0.1) is 0 Å². The predicted octanol–water partition coefficient (Wildman–Crippen LogP) is 2.10. The van der Waals surface area contributed by atoms with E-state index >= 15 is 0 Å². The largest absolute Gasteiger partial charge is 0.463 e. The van der Waals surface area contributed by atoms with Gasteiger partial charge in [-0.3, -0.25) is 24.5 Å². The molecule has 0 radical (unpaired) electrons. The predicted molar refractivity (Wildman–Crippen MR) is 96.2 cm³/mol. The Labute approximate surface area is 154 Å². The van der Waals surface area contributed by atoms with Crippen LogP contribution in [0.2, 0.25) is 0 Å². The molecule has 9 nitrogen and oxygen atoms in total. The van der Waals surface area contributed by atoms with Crippen LogP contribution >= 0.6 is 0 Å². The molecule has 1 aromatic heterocycles. The number of esters is 1. The van der Waals surface area contributed by atoms with Crippen LogP contribution in [0.5, 0.6) is 0 Å². The third kappa shape index (κ3) is 5.50. The number of carbonyl (C=O) groups is 2. The molecule has 0 saturated heterocycles. The molecule has 2 rings (SSSR count). The van der Waals surface area contributed by atoms with Crippen molar-refractivity contribution in [3.8, 4) is 0 Å². The van der Waals surface area contributed by atoms with Gasteiger partial charge in [0.15, 0.2) is 0 Å². The van der Waals surface area contributed by atoms with Crippen LogP contribution in [-0.2, 0) is 9.53 Å². The van der Waals surface area contributed by atoms with Gasteiger partial charge < -0.3 is 15.0 Å². The van der Waals surface area contributed by atoms with Crippen molar-refractivity contribution in [2.24, 2.45) is 0 Å². The van der Waals surface area contributed by atoms with Gasteiger partial charge in [0.25, 0.3) is 11.6 Å². The highest BCUT2D eigenvalue weighted by Crippen LogP contribution is 2.27. The third-order valence-electron chi connectivity index (χ3n) is 3.60. The number of ether oxygens (including phenoxy) is 1. The minimum Gasteiger partial charge on any atom is -0.463 e. The summed E-state index contributed by atoms with van der Waals surface area (Å²) in [5, 5.41) is 13.9. The zero-order valence-electron chi connectivity index (χ0n) is 14.8. The monoisotopic (exact) mass is 373 g/mol. The molecule has 0 fully saturated rings. The lowest BCUT2D eigenvalue weighted by Crippen LogP contribution is -2.32. The summed E-state index contributed by atoms with van der Waals surface area (Å²) in [4.78, 5) is 48.8. The minimum atomic E-state index is -0.975. The van der Waals surface area contributed by atoms with Gasteiger partial charge in [0.1, 0.15) is 0 Å². The average Bonchev–Trinajstić information content (AvgIpc) is 2.61. The number of nitro groups is 1. The molecule has 142 valence electrons. The topological polar surface area (TPSA) is 131 Å². The van der Waals surface area contributed by atoms with Crippen LogP contribution in [-0.4, -0.2) is 27.9 Å². The summed E-state index contributed by atoms with van der Waals surface area (Å²) >= 11 is 0. The summed E-state index contributed by atoms with van der Waals surface area (Å²) in [6.07, 6.45) is 0.581. The molecule has 1 amide bonds. The molecular formula is C18H19N3O6. The average molecular weight is 373 g/mol. The number of hydrogen-bond acceptors (Lipinski definition) is 6. The second kappa shape index (κ2) is 8.75. The molecule has 0 bridgehead atoms. The molecule has 0 saturated carbocycles. The number of para-hydroxylation sites is 1. The van der Waals surface area contributed by atoms with Gasteiger partial charge in [-0.25, -0.2) is 0 Å². The highest BCUT2D eigenvalue weighted by atomic mass is 16.6. The molecule has 27 heavy (non-hydrogen) atoms. The Morgan fingerprint density at radius 3 is 2.52 bits per heavy atom. The molecule has 1 atom stereocenters. The summed E-state index contributed by atoms with van der Waals surface area (Å²) in [5.41, 5.74) is -0.264. The Morgan fingerprint density at radius 1 is 1.22 bits per heavy atom. The second-order valence-corrected chi connectivity index (χ2v) is 6.03. The van der Waals surface area contributed by atoms with Crippen LogP contribution in [0.4, 0.5) is 5.69 Å². The smallest absolute Gasteiger partial charge is 0.308 e. The first-order chi connectivity index (χ1) is 12.8. The van der Waals surface area contributed by atoms with Crippen LogP contribution < -0.4 is 10.9 Å². The summed E-state index contributed by atoms with van der Waals surface area (Å²) in [5.74, 6) is -1.19. The first kappa shape index (κ1) is 19.8. The van der Waals surface area contributed by atoms with E-state index in [4.69, 9.17) is 4.74 Å². The zero-order valence-corrected chi connectivity index (χ0v) is 14.8. The van der Waals surface area contributed by atoms with Crippen molar-refractivity contribution >= 4 is 17.6 Å². The van der Waals surface area contributed by atoms with Crippen molar-refractivity contribution in [3.63, 3.8) is 0 Å². The molecule has 1 unspecified atom stereocenters. The number of hydrogen-bond donors (Lipinski definition) is 2. The van der Waals surface area contributed by atoms with E-state index in [9.17, 15) is 24.5 Å². The van der Waals surface area contributed by atoms with Crippen LogP contribution in [0.15, 0.2) is 47.4 Å². The van der Waals surface area contributed by atoms with Crippen molar-refractivity contribution in [3.05, 3.63) is 74.2 Å². The van der Waals surface area contributed by atoms with Crippen LogP contribution in [0.3, 0.4) is 0 Å². The zero-order chi connectivity index (χ0) is 20.0. The van der Waals surface area contributed by atoms with Crippen molar-refractivity contribution in [1.29, 1.82) is 0 Å². The van der Waals surface area contributed by atoms with Crippen molar-refractivity contribution in [1.82, 2.24) is 10.3 Å². The number of benzene rings is 1. The Morgan fingerprint density at radius 2 is 1.93 bits per heavy atom. The van der Waals surface area contributed by atoms with E-state index in [2.05, 4.69) is 10.3 Å². The van der Waals surface area contributed by atoms with Gasteiger partial charge in [-0.05, 0) is 19.9 Å². The summed E-state index contributed by atoms with van der Waals surface area (Å²) in [7, 11) is 0. The molecule has 1 heterocycles. The highest BCUT2D eigenvalue weighted by molar-refractivity contribution is 5.94. The lowest BCUT2D eigenvalue weighted by Gasteiger charge is -2.19. The van der Waals surface area contributed by atoms with E-state index in [1.165, 1.54) is 36.5 Å². The second-order valence-electron chi connectivity index (χ2n) is 6.03. The fourth-order valence-corrected chi connectivity index (χ4v) is 2.46. The third-order valence-corrected chi connectivity index (χ3v) is 3.60. The van der Waals surface area contributed by atoms with Gasteiger partial charge in [0.05, 0.1) is 34.6 Å². The molecule has 2 aromatic rings. The molecule has 2 N–H and O–H groups in total. The maximum atomic E-state index is 12.5. The van der Waals surface area contributed by atoms with Gasteiger partial charge >= 0.3 is 5.97 Å². The van der Waals surface area contributed by atoms with Crippen LogP contribution in [0.25, 0.3) is 0 Å². The van der Waals surface area contributed by atoms with Crippen molar-refractivity contribution in [2.45, 2.75) is 32.4 Å². The van der Waals surface area contributed by atoms with Gasteiger partial charge in [-0.1, -0.05) is 18.2 Å². The van der Waals surface area contributed by atoms with Crippen molar-refractivity contribution < 1.29 is 19.2 Å². The molecule has 9 heteroatoms. The van der Waals surface area contributed by atoms with E-state index in [0.717, 1.165) is 0 Å². The fourth-order valence-electron chi connectivity index (χ4n) is 2.46. The first-order valence-corrected chi connectivity index (χ1v) is 8.20. The molecule has 0 aliphatic heterocycles. The lowest BCUT2D eigenvalue weighted by molar-refractivity contribution is -0.385. The Balaban J connectivity index is 2.33. The molecule has 0 aliphatic carbocycles. The SMILES string of the molecule is CC(C)OC(=O)CC(NC(=O)c1ccc(=O)[nH]c1)c1ccccc1[N+](=O)[O-]. The van der Waals surface area contributed by atoms with Gasteiger partial charge in [0.2, 0.25) is 5.56 Å². The van der Waals surface area contributed by atoms with Gasteiger partial charge in [0, 0.05) is 18.3 Å². The van der Waals surface area contributed by atoms with Gasteiger partial charge in [-0.2, -0.15) is 0 Å². The van der Waals surface area contributed by atoms with E-state index in [1.807, 2.05) is 0 Å². The Kier molecular flexibility index (Phi) is 6.42. The first-order valence-electron chi connectivity index (χ1n) is 8.20. The highest BCUT2D eigenvalue weighted by Gasteiger charge is 2.27. The lowest BCUT2D eigenvalue weighted by atomic mass is 10.0. The normalized spacial score (nSPS) is 11.7. The number of nitrogens with one attached hydrogen (secondary N) is 2. The number of nitro benzene ring substituents is 1. The summed E-state index contributed by atoms with van der Waals surface area (Å²) < 4.78 is 5.10. The van der Waals surface area contributed by atoms with E-state index in [1.54, 1.807) is 19.9 Å². The quantitative estimate of drug-likeness (QED) is 0.434. The summed E-state index contributed by atoms with van der Waals surface area (Å²) in [6.45, 7) is 3.35. The van der Waals surface area contributed by atoms with Crippen LogP contribution in [0.1, 0.15) is 42.2 Å². The number of rotatable bonds is 7. The number of carbonyl (C=O) groups excluding carboxylic acids is 2. The maximum absolute atomic E-state index is 12.5. The van der Waals surface area contributed by atoms with Crippen molar-refractivity contribution in [2.75, 3.05) is 0 Å². The molecular weight excluding hydrogens is 354 g/mol. The number of amides is 1. The van der Waals surface area contributed by atoms with E-state index in [0.29, 0.717) is 0 Å².